The van der Waals surface area contributed by atoms with Crippen LogP contribution in [0.3, 0.4) is 0 Å². The molecule has 0 bridgehead atoms. The molecule has 1 aliphatic heterocycles. The third-order valence-electron chi connectivity index (χ3n) is 4.36. The second-order valence-corrected chi connectivity index (χ2v) is 5.79. The third kappa shape index (κ3) is 1.91. The maximum Gasteiger partial charge on any atom is 0.155 e. The maximum atomic E-state index is 6.05. The summed E-state index contributed by atoms with van der Waals surface area (Å²) in [7, 11) is 0. The molecule has 114 valence electrons. The highest BCUT2D eigenvalue weighted by Gasteiger charge is 2.19. The Labute approximate surface area is 132 Å². The lowest BCUT2D eigenvalue weighted by Gasteiger charge is -2.16. The van der Waals surface area contributed by atoms with Crippen LogP contribution in [0.25, 0.3) is 28.1 Å². The van der Waals surface area contributed by atoms with E-state index in [0.29, 0.717) is 0 Å². The quantitative estimate of drug-likeness (QED) is 0.569. The average Bonchev–Trinajstić information content (AvgIpc) is 3.32. The molecule has 0 unspecified atom stereocenters. The van der Waals surface area contributed by atoms with Crippen LogP contribution in [0.5, 0.6) is 0 Å². The van der Waals surface area contributed by atoms with Crippen LogP contribution in [0.1, 0.15) is 12.8 Å². The number of nitrogens with zero attached hydrogens (tertiary/aromatic N) is 5. The number of anilines is 1. The Morgan fingerprint density at radius 2 is 1.96 bits per heavy atom. The number of furan rings is 1. The Morgan fingerprint density at radius 3 is 2.87 bits per heavy atom. The molecule has 0 aromatic carbocycles. The van der Waals surface area contributed by atoms with Crippen molar-refractivity contribution in [1.82, 2.24) is 19.6 Å². The van der Waals surface area contributed by atoms with E-state index >= 15 is 0 Å². The molecule has 0 spiro atoms. The van der Waals surface area contributed by atoms with E-state index in [9.17, 15) is 0 Å². The predicted molar refractivity (Wildman–Crippen MR) is 87.4 cm³/mol. The Balaban J connectivity index is 1.69. The van der Waals surface area contributed by atoms with Gasteiger partial charge in [0.25, 0.3) is 0 Å². The van der Waals surface area contributed by atoms with Gasteiger partial charge in [-0.3, -0.25) is 0 Å². The number of hydrogen-bond donors (Lipinski definition) is 0. The predicted octanol–water partition coefficient (Wildman–Crippen LogP) is 3.14. The van der Waals surface area contributed by atoms with E-state index in [1.165, 1.54) is 12.8 Å². The third-order valence-corrected chi connectivity index (χ3v) is 4.36. The second kappa shape index (κ2) is 4.81. The molecular weight excluding hydrogens is 290 g/mol. The van der Waals surface area contributed by atoms with Crippen molar-refractivity contribution in [1.29, 1.82) is 0 Å². The lowest BCUT2D eigenvalue weighted by Crippen LogP contribution is -2.18. The highest BCUT2D eigenvalue weighted by Crippen LogP contribution is 2.33. The van der Waals surface area contributed by atoms with Crippen LogP contribution in [0.2, 0.25) is 0 Å². The van der Waals surface area contributed by atoms with Gasteiger partial charge in [0.05, 0.1) is 11.6 Å². The molecule has 6 heteroatoms. The van der Waals surface area contributed by atoms with Gasteiger partial charge in [-0.05, 0) is 37.1 Å². The molecule has 0 N–H and O–H groups in total. The average molecular weight is 305 g/mol. The molecule has 4 aromatic rings. The zero-order valence-corrected chi connectivity index (χ0v) is 12.5. The van der Waals surface area contributed by atoms with Crippen molar-refractivity contribution in [2.45, 2.75) is 12.8 Å². The van der Waals surface area contributed by atoms with E-state index in [1.54, 1.807) is 16.9 Å². The zero-order valence-electron chi connectivity index (χ0n) is 12.5. The summed E-state index contributed by atoms with van der Waals surface area (Å²) in [6.07, 6.45) is 7.80. The Morgan fingerprint density at radius 1 is 1.04 bits per heavy atom. The molecule has 0 aliphatic carbocycles. The molecule has 1 fully saturated rings. The van der Waals surface area contributed by atoms with Gasteiger partial charge in [-0.2, -0.15) is 5.10 Å². The Kier molecular flexibility index (Phi) is 2.64. The number of rotatable bonds is 2. The summed E-state index contributed by atoms with van der Waals surface area (Å²) in [5, 5.41) is 5.41. The van der Waals surface area contributed by atoms with E-state index in [4.69, 9.17) is 4.42 Å². The number of pyridine rings is 1. The van der Waals surface area contributed by atoms with Gasteiger partial charge >= 0.3 is 0 Å². The van der Waals surface area contributed by atoms with Crippen LogP contribution in [-0.4, -0.2) is 32.7 Å². The summed E-state index contributed by atoms with van der Waals surface area (Å²) in [5.74, 6) is 1.77. The molecule has 23 heavy (non-hydrogen) atoms. The second-order valence-electron chi connectivity index (χ2n) is 5.79. The maximum absolute atomic E-state index is 6.05. The number of hydrogen-bond acceptors (Lipinski definition) is 5. The van der Waals surface area contributed by atoms with Gasteiger partial charge in [-0.25, -0.2) is 14.5 Å². The van der Waals surface area contributed by atoms with Gasteiger partial charge in [0.15, 0.2) is 11.4 Å². The van der Waals surface area contributed by atoms with Gasteiger partial charge in [-0.1, -0.05) is 0 Å². The minimum absolute atomic E-state index is 0.764. The van der Waals surface area contributed by atoms with E-state index in [0.717, 1.165) is 47.0 Å². The normalized spacial score (nSPS) is 15.0. The monoisotopic (exact) mass is 305 g/mol. The molecule has 0 radical (unpaired) electrons. The van der Waals surface area contributed by atoms with Crippen LogP contribution in [0.15, 0.2) is 47.3 Å². The van der Waals surface area contributed by atoms with Crippen LogP contribution in [-0.2, 0) is 0 Å². The summed E-state index contributed by atoms with van der Waals surface area (Å²) in [6.45, 7) is 2.12. The molecule has 5 heterocycles. The molecule has 0 saturated carbocycles. The van der Waals surface area contributed by atoms with Gasteiger partial charge < -0.3 is 9.32 Å². The lowest BCUT2D eigenvalue weighted by atomic mass is 10.2. The standard InChI is InChI=1S/C17H15N5O/c1-2-9-21(8-1)17-12-10-15(23-14(12)5-7-18-17)13-11-19-16-4-3-6-20-22(13)16/h3-7,10-11H,1-2,8-9H2. The minimum atomic E-state index is 0.764. The first-order chi connectivity index (χ1) is 11.4. The van der Waals surface area contributed by atoms with Crippen molar-refractivity contribution >= 4 is 22.4 Å². The Bertz CT molecular complexity index is 996. The topological polar surface area (TPSA) is 59.5 Å². The first kappa shape index (κ1) is 12.6. The van der Waals surface area contributed by atoms with Crippen LogP contribution in [0.4, 0.5) is 5.82 Å². The fourth-order valence-corrected chi connectivity index (χ4v) is 3.25. The van der Waals surface area contributed by atoms with Crippen molar-refractivity contribution in [3.63, 3.8) is 0 Å². The molecule has 0 amide bonds. The number of fused-ring (bicyclic) bond motifs is 2. The summed E-state index contributed by atoms with van der Waals surface area (Å²) in [5.41, 5.74) is 2.51. The molecule has 6 nitrogen and oxygen atoms in total. The largest absolute Gasteiger partial charge is 0.454 e. The van der Waals surface area contributed by atoms with Crippen LogP contribution in [0, 0.1) is 0 Å². The van der Waals surface area contributed by atoms with Crippen molar-refractivity contribution in [3.05, 3.63) is 42.9 Å². The lowest BCUT2D eigenvalue weighted by molar-refractivity contribution is 0.625. The smallest absolute Gasteiger partial charge is 0.155 e. The first-order valence-electron chi connectivity index (χ1n) is 7.83. The van der Waals surface area contributed by atoms with Crippen LogP contribution >= 0.6 is 0 Å². The molecular formula is C17H15N5O. The van der Waals surface area contributed by atoms with Gasteiger partial charge in [0, 0.05) is 25.5 Å². The molecule has 1 aliphatic rings. The van der Waals surface area contributed by atoms with Gasteiger partial charge in [-0.15, -0.1) is 0 Å². The highest BCUT2D eigenvalue weighted by molar-refractivity contribution is 5.92. The number of aromatic nitrogens is 4. The summed E-state index contributed by atoms with van der Waals surface area (Å²) >= 11 is 0. The molecule has 4 aromatic heterocycles. The molecule has 5 rings (SSSR count). The zero-order chi connectivity index (χ0) is 15.2. The van der Waals surface area contributed by atoms with E-state index in [-0.39, 0.29) is 0 Å². The molecule has 1 saturated heterocycles. The number of imidazole rings is 1. The SMILES string of the molecule is c1cnn2c(-c3cc4c(N5CCCC5)nccc4o3)cnc2c1. The van der Waals surface area contributed by atoms with Crippen molar-refractivity contribution in [2.75, 3.05) is 18.0 Å². The summed E-state index contributed by atoms with van der Waals surface area (Å²) in [4.78, 5) is 11.3. The van der Waals surface area contributed by atoms with Crippen LogP contribution < -0.4 is 4.90 Å². The first-order valence-corrected chi connectivity index (χ1v) is 7.83. The van der Waals surface area contributed by atoms with E-state index < -0.39 is 0 Å². The fourth-order valence-electron chi connectivity index (χ4n) is 3.25. The van der Waals surface area contributed by atoms with E-state index in [1.807, 2.05) is 30.5 Å². The van der Waals surface area contributed by atoms with Gasteiger partial charge in [0.2, 0.25) is 0 Å². The van der Waals surface area contributed by atoms with Gasteiger partial charge in [0.1, 0.15) is 17.1 Å². The summed E-state index contributed by atoms with van der Waals surface area (Å²) in [6, 6.07) is 7.76. The fraction of sp³-hybridized carbons (Fsp3) is 0.235. The van der Waals surface area contributed by atoms with E-state index in [2.05, 4.69) is 20.0 Å². The van der Waals surface area contributed by atoms with Crippen molar-refractivity contribution < 1.29 is 4.42 Å². The Hall–Kier alpha value is -2.89. The minimum Gasteiger partial charge on any atom is -0.454 e. The van der Waals surface area contributed by atoms with Crippen molar-refractivity contribution in [3.8, 4) is 11.5 Å². The van der Waals surface area contributed by atoms with Crippen molar-refractivity contribution in [2.24, 2.45) is 0 Å². The summed E-state index contributed by atoms with van der Waals surface area (Å²) < 4.78 is 7.85. The highest BCUT2D eigenvalue weighted by atomic mass is 16.3. The molecule has 0 atom stereocenters.